The van der Waals surface area contributed by atoms with Crippen LogP contribution in [0.2, 0.25) is 0 Å². The standard InChI is InChI=1S/C22H23N7O4/c23-9-15-11-25-19(8-16(15)24)28-22(32)29-5-1-3-13-7-14(17(12-30)27-20(13)29)10-26-21(31)18-4-2-6-33-18/h7-8,11-12,18H,1-6,10H2,(H,26,31)(H3,24,25,28,32). The Bertz CT molecular complexity index is 1140. The number of anilines is 3. The zero-order valence-corrected chi connectivity index (χ0v) is 17.8. The Labute approximate surface area is 189 Å². The van der Waals surface area contributed by atoms with Gasteiger partial charge in [-0.3, -0.25) is 19.8 Å². The molecule has 3 amide bonds. The molecular formula is C22H23N7O4. The number of nitrogens with two attached hydrogens (primary N) is 1. The van der Waals surface area contributed by atoms with Gasteiger partial charge in [0, 0.05) is 37.5 Å². The van der Waals surface area contributed by atoms with Gasteiger partial charge in [0.05, 0.1) is 11.3 Å². The highest BCUT2D eigenvalue weighted by Gasteiger charge is 2.27. The summed E-state index contributed by atoms with van der Waals surface area (Å²) < 4.78 is 5.38. The molecule has 0 spiro atoms. The van der Waals surface area contributed by atoms with Crippen LogP contribution in [0.1, 0.15) is 46.4 Å². The Kier molecular flexibility index (Phi) is 6.46. The summed E-state index contributed by atoms with van der Waals surface area (Å²) in [5.41, 5.74) is 7.75. The molecule has 1 saturated heterocycles. The van der Waals surface area contributed by atoms with Crippen LogP contribution in [-0.2, 0) is 22.5 Å². The molecule has 4 N–H and O–H groups in total. The zero-order valence-electron chi connectivity index (χ0n) is 17.8. The first kappa shape index (κ1) is 22.2. The van der Waals surface area contributed by atoms with Crippen molar-refractivity contribution in [3.63, 3.8) is 0 Å². The van der Waals surface area contributed by atoms with Crippen LogP contribution in [0.15, 0.2) is 18.3 Å². The Morgan fingerprint density at radius 3 is 2.91 bits per heavy atom. The van der Waals surface area contributed by atoms with Crippen LogP contribution in [0.3, 0.4) is 0 Å². The lowest BCUT2D eigenvalue weighted by Gasteiger charge is -2.29. The van der Waals surface area contributed by atoms with Gasteiger partial charge in [0.25, 0.3) is 0 Å². The van der Waals surface area contributed by atoms with E-state index in [1.165, 1.54) is 17.2 Å². The molecule has 1 atom stereocenters. The number of carbonyl (C=O) groups is 3. The van der Waals surface area contributed by atoms with Crippen molar-refractivity contribution >= 4 is 35.5 Å². The lowest BCUT2D eigenvalue weighted by atomic mass is 10.0. The SMILES string of the molecule is N#Cc1cnc(NC(=O)N2CCCc3cc(CNC(=O)C4CCCO4)c(C=O)nc32)cc1N. The number of hydrogen-bond acceptors (Lipinski definition) is 8. The predicted octanol–water partition coefficient (Wildman–Crippen LogP) is 1.52. The number of nitrogen functional groups attached to an aromatic ring is 1. The molecule has 4 heterocycles. The van der Waals surface area contributed by atoms with E-state index >= 15 is 0 Å². The van der Waals surface area contributed by atoms with Gasteiger partial charge in [-0.05, 0) is 37.3 Å². The van der Waals surface area contributed by atoms with E-state index in [0.29, 0.717) is 50.1 Å². The average molecular weight is 449 g/mol. The third-order valence-electron chi connectivity index (χ3n) is 5.60. The monoisotopic (exact) mass is 449 g/mol. The number of aromatic nitrogens is 2. The number of amides is 3. The molecule has 11 heteroatoms. The minimum Gasteiger partial charge on any atom is -0.398 e. The number of nitrogens with zero attached hydrogens (tertiary/aromatic N) is 4. The van der Waals surface area contributed by atoms with Crippen molar-refractivity contribution in [1.29, 1.82) is 5.26 Å². The fourth-order valence-electron chi connectivity index (χ4n) is 3.89. The van der Waals surface area contributed by atoms with Crippen molar-refractivity contribution in [3.05, 3.63) is 40.7 Å². The number of rotatable bonds is 5. The van der Waals surface area contributed by atoms with Gasteiger partial charge in [-0.2, -0.15) is 5.26 Å². The summed E-state index contributed by atoms with van der Waals surface area (Å²) in [6.07, 6.45) is 4.35. The molecule has 0 radical (unpaired) electrons. The van der Waals surface area contributed by atoms with E-state index in [9.17, 15) is 14.4 Å². The molecule has 0 aromatic carbocycles. The maximum absolute atomic E-state index is 12.9. The number of ether oxygens (including phenoxy) is 1. The zero-order chi connectivity index (χ0) is 23.4. The van der Waals surface area contributed by atoms with Crippen LogP contribution in [0.25, 0.3) is 0 Å². The van der Waals surface area contributed by atoms with Gasteiger partial charge in [-0.25, -0.2) is 14.8 Å². The van der Waals surface area contributed by atoms with Crippen LogP contribution >= 0.6 is 0 Å². The first-order valence-corrected chi connectivity index (χ1v) is 10.6. The third kappa shape index (κ3) is 4.75. The van der Waals surface area contributed by atoms with Gasteiger partial charge >= 0.3 is 6.03 Å². The normalized spacial score (nSPS) is 17.1. The second kappa shape index (κ2) is 9.62. The number of pyridine rings is 2. The summed E-state index contributed by atoms with van der Waals surface area (Å²) in [6.45, 7) is 1.12. The van der Waals surface area contributed by atoms with Crippen LogP contribution in [-0.4, -0.2) is 47.4 Å². The van der Waals surface area contributed by atoms with Crippen molar-refractivity contribution < 1.29 is 19.1 Å². The highest BCUT2D eigenvalue weighted by Crippen LogP contribution is 2.28. The van der Waals surface area contributed by atoms with E-state index in [1.807, 2.05) is 6.07 Å². The van der Waals surface area contributed by atoms with Crippen molar-refractivity contribution in [3.8, 4) is 6.07 Å². The highest BCUT2D eigenvalue weighted by molar-refractivity contribution is 6.01. The summed E-state index contributed by atoms with van der Waals surface area (Å²) in [5.74, 6) is 0.377. The molecule has 4 rings (SSSR count). The molecule has 11 nitrogen and oxygen atoms in total. The quantitative estimate of drug-likeness (QED) is 0.578. The number of aryl methyl sites for hydroxylation is 1. The van der Waals surface area contributed by atoms with Gasteiger partial charge in [0.15, 0.2) is 6.29 Å². The predicted molar refractivity (Wildman–Crippen MR) is 118 cm³/mol. The first-order valence-electron chi connectivity index (χ1n) is 10.6. The Balaban J connectivity index is 1.51. The molecule has 0 saturated carbocycles. The topological polar surface area (TPSA) is 163 Å². The molecule has 0 aliphatic carbocycles. The summed E-state index contributed by atoms with van der Waals surface area (Å²) in [6, 6.07) is 4.65. The minimum absolute atomic E-state index is 0.147. The van der Waals surface area contributed by atoms with Gasteiger partial charge in [0.2, 0.25) is 5.91 Å². The average Bonchev–Trinajstić information content (AvgIpc) is 3.36. The molecule has 2 aromatic heterocycles. The van der Waals surface area contributed by atoms with Crippen LogP contribution in [0, 0.1) is 11.3 Å². The first-order chi connectivity index (χ1) is 16.0. The van der Waals surface area contributed by atoms with E-state index in [-0.39, 0.29) is 35.2 Å². The second-order valence-electron chi connectivity index (χ2n) is 7.81. The van der Waals surface area contributed by atoms with Crippen molar-refractivity contribution in [2.45, 2.75) is 38.3 Å². The molecule has 170 valence electrons. The van der Waals surface area contributed by atoms with Gasteiger partial charge in [-0.15, -0.1) is 0 Å². The van der Waals surface area contributed by atoms with Gasteiger partial charge in [0.1, 0.15) is 29.5 Å². The van der Waals surface area contributed by atoms with Crippen molar-refractivity contribution in [2.24, 2.45) is 0 Å². The minimum atomic E-state index is -0.476. The Morgan fingerprint density at radius 2 is 2.21 bits per heavy atom. The molecule has 33 heavy (non-hydrogen) atoms. The molecule has 1 unspecified atom stereocenters. The number of hydrogen-bond donors (Lipinski definition) is 3. The molecular weight excluding hydrogens is 426 g/mol. The van der Waals surface area contributed by atoms with E-state index in [1.54, 1.807) is 6.07 Å². The van der Waals surface area contributed by atoms with E-state index in [2.05, 4.69) is 20.6 Å². The molecule has 2 aromatic rings. The second-order valence-corrected chi connectivity index (χ2v) is 7.81. The van der Waals surface area contributed by atoms with Crippen LogP contribution < -0.4 is 21.3 Å². The molecule has 0 bridgehead atoms. The highest BCUT2D eigenvalue weighted by atomic mass is 16.5. The Hall–Kier alpha value is -4.04. The fourth-order valence-corrected chi connectivity index (χ4v) is 3.89. The summed E-state index contributed by atoms with van der Waals surface area (Å²) in [5, 5.41) is 14.4. The van der Waals surface area contributed by atoms with Crippen LogP contribution in [0.5, 0.6) is 0 Å². The summed E-state index contributed by atoms with van der Waals surface area (Å²) in [4.78, 5) is 46.8. The Morgan fingerprint density at radius 1 is 1.36 bits per heavy atom. The number of aldehydes is 1. The number of carbonyl (C=O) groups excluding carboxylic acids is 3. The van der Waals surface area contributed by atoms with Crippen LogP contribution in [0.4, 0.5) is 22.1 Å². The van der Waals surface area contributed by atoms with E-state index in [4.69, 9.17) is 15.7 Å². The van der Waals surface area contributed by atoms with Crippen molar-refractivity contribution in [2.75, 3.05) is 29.1 Å². The fraction of sp³-hybridized carbons (Fsp3) is 0.364. The maximum atomic E-state index is 12.9. The van der Waals surface area contributed by atoms with Gasteiger partial charge < -0.3 is 15.8 Å². The molecule has 2 aliphatic rings. The summed E-state index contributed by atoms with van der Waals surface area (Å²) in [7, 11) is 0. The van der Waals surface area contributed by atoms with E-state index in [0.717, 1.165) is 12.0 Å². The molecule has 2 aliphatic heterocycles. The third-order valence-corrected chi connectivity index (χ3v) is 5.60. The largest absolute Gasteiger partial charge is 0.398 e. The number of urea groups is 1. The molecule has 1 fully saturated rings. The number of nitriles is 1. The maximum Gasteiger partial charge on any atom is 0.328 e. The number of fused-ring (bicyclic) bond motifs is 1. The van der Waals surface area contributed by atoms with Gasteiger partial charge in [-0.1, -0.05) is 0 Å². The summed E-state index contributed by atoms with van der Waals surface area (Å²) >= 11 is 0. The van der Waals surface area contributed by atoms with Crippen molar-refractivity contribution in [1.82, 2.24) is 15.3 Å². The smallest absolute Gasteiger partial charge is 0.328 e. The van der Waals surface area contributed by atoms with E-state index < -0.39 is 12.1 Å². The lowest BCUT2D eigenvalue weighted by molar-refractivity contribution is -0.130. The number of nitrogens with one attached hydrogen (secondary N) is 2. The lowest BCUT2D eigenvalue weighted by Crippen LogP contribution is -2.40.